The van der Waals surface area contributed by atoms with Crippen molar-refractivity contribution in [2.24, 2.45) is 0 Å². The number of nitrogens with one attached hydrogen (secondary N) is 1. The highest BCUT2D eigenvalue weighted by atomic mass is 32.2. The van der Waals surface area contributed by atoms with E-state index in [2.05, 4.69) is 20.7 Å². The maximum atomic E-state index is 12.5. The Hall–Kier alpha value is -2.61. The molecule has 1 aromatic carbocycles. The van der Waals surface area contributed by atoms with E-state index < -0.39 is 0 Å². The Kier molecular flexibility index (Phi) is 5.18. The molecule has 0 aliphatic rings. The molecular weight excluding hydrogens is 338 g/mol. The van der Waals surface area contributed by atoms with Crippen LogP contribution in [0.2, 0.25) is 0 Å². The third-order valence-corrected chi connectivity index (χ3v) is 4.91. The minimum absolute atomic E-state index is 0.138. The number of rotatable bonds is 6. The lowest BCUT2D eigenvalue weighted by Crippen LogP contribution is -2.25. The molecule has 2 aromatic heterocycles. The predicted molar refractivity (Wildman–Crippen MR) is 95.9 cm³/mol. The lowest BCUT2D eigenvalue weighted by atomic mass is 10.3. The first-order chi connectivity index (χ1) is 12.1. The summed E-state index contributed by atoms with van der Waals surface area (Å²) in [6.07, 6.45) is 0.647. The normalized spacial score (nSPS) is 12.1. The molecule has 1 N–H and O–H groups in total. The topological polar surface area (TPSA) is 85.8 Å². The van der Waals surface area contributed by atoms with Crippen LogP contribution in [0, 0.1) is 13.8 Å². The van der Waals surface area contributed by atoms with Crippen LogP contribution in [0.3, 0.4) is 0 Å². The molecule has 0 spiro atoms. The van der Waals surface area contributed by atoms with E-state index in [1.54, 1.807) is 13.0 Å². The smallest absolute Gasteiger partial charge is 0.239 e. The third-order valence-electron chi connectivity index (χ3n) is 3.60. The molecule has 3 rings (SSSR count). The molecule has 0 fully saturated rings. The Morgan fingerprint density at radius 3 is 2.68 bits per heavy atom. The maximum absolute atomic E-state index is 12.5. The number of hydrogen-bond acceptors (Lipinski definition) is 6. The Bertz CT molecular complexity index is 859. The third kappa shape index (κ3) is 3.90. The number of thioether (sulfide) groups is 1. The van der Waals surface area contributed by atoms with Crippen molar-refractivity contribution in [1.82, 2.24) is 19.9 Å². The summed E-state index contributed by atoms with van der Waals surface area (Å²) >= 11 is 1.38. The number of benzene rings is 1. The molecular formula is C17H19N5O2S. The van der Waals surface area contributed by atoms with Crippen molar-refractivity contribution >= 4 is 23.5 Å². The number of carbonyl (C=O) groups excluding carboxylic acids is 1. The highest BCUT2D eigenvalue weighted by Gasteiger charge is 2.23. The fraction of sp³-hybridized carbons (Fsp3) is 0.294. The number of aryl methyl sites for hydroxylation is 2. The Morgan fingerprint density at radius 2 is 2.04 bits per heavy atom. The summed E-state index contributed by atoms with van der Waals surface area (Å²) in [4.78, 5) is 12.5. The zero-order chi connectivity index (χ0) is 17.8. The van der Waals surface area contributed by atoms with Crippen molar-refractivity contribution in [3.05, 3.63) is 48.0 Å². The van der Waals surface area contributed by atoms with Gasteiger partial charge in [-0.05, 0) is 32.4 Å². The number of nitrogens with zero attached hydrogens (tertiary/aromatic N) is 4. The summed E-state index contributed by atoms with van der Waals surface area (Å²) in [5.41, 5.74) is 0.967. The molecule has 0 aliphatic carbocycles. The van der Waals surface area contributed by atoms with E-state index >= 15 is 0 Å². The molecule has 2 heterocycles. The van der Waals surface area contributed by atoms with Crippen LogP contribution >= 0.6 is 11.8 Å². The van der Waals surface area contributed by atoms with Gasteiger partial charge in [0.25, 0.3) is 0 Å². The van der Waals surface area contributed by atoms with Crippen LogP contribution in [-0.4, -0.2) is 31.1 Å². The standard InChI is InChI=1S/C17H19N5O2S/c1-4-14(16(23)18-15-10-11(2)24-21-15)25-17-20-19-12(3)22(17)13-8-6-5-7-9-13/h5-10,14H,4H2,1-3H3,(H,18,21,23). The molecule has 0 saturated carbocycles. The zero-order valence-electron chi connectivity index (χ0n) is 14.3. The molecule has 3 aromatic rings. The van der Waals surface area contributed by atoms with E-state index in [0.717, 1.165) is 11.5 Å². The summed E-state index contributed by atoms with van der Waals surface area (Å²) in [6.45, 7) is 5.63. The summed E-state index contributed by atoms with van der Waals surface area (Å²) in [7, 11) is 0. The van der Waals surface area contributed by atoms with Crippen LogP contribution in [0.4, 0.5) is 5.82 Å². The van der Waals surface area contributed by atoms with Gasteiger partial charge in [-0.3, -0.25) is 9.36 Å². The molecule has 25 heavy (non-hydrogen) atoms. The summed E-state index contributed by atoms with van der Waals surface area (Å²) in [6, 6.07) is 11.5. The highest BCUT2D eigenvalue weighted by molar-refractivity contribution is 8.00. The fourth-order valence-corrected chi connectivity index (χ4v) is 3.39. The van der Waals surface area contributed by atoms with Gasteiger partial charge in [0.2, 0.25) is 5.91 Å². The quantitative estimate of drug-likeness (QED) is 0.681. The van der Waals surface area contributed by atoms with Crippen molar-refractivity contribution in [2.75, 3.05) is 5.32 Å². The lowest BCUT2D eigenvalue weighted by Gasteiger charge is -2.14. The van der Waals surface area contributed by atoms with Gasteiger partial charge in [0.15, 0.2) is 11.0 Å². The molecule has 7 nitrogen and oxygen atoms in total. The molecule has 0 bridgehead atoms. The Labute approximate surface area is 149 Å². The number of anilines is 1. The van der Waals surface area contributed by atoms with Gasteiger partial charge in [0.1, 0.15) is 11.6 Å². The second-order valence-corrected chi connectivity index (χ2v) is 6.70. The van der Waals surface area contributed by atoms with Gasteiger partial charge >= 0.3 is 0 Å². The molecule has 0 saturated heterocycles. The van der Waals surface area contributed by atoms with Crippen LogP contribution in [-0.2, 0) is 4.79 Å². The van der Waals surface area contributed by atoms with Crippen LogP contribution in [0.5, 0.6) is 0 Å². The Morgan fingerprint density at radius 1 is 1.28 bits per heavy atom. The average Bonchev–Trinajstić information content (AvgIpc) is 3.18. The van der Waals surface area contributed by atoms with E-state index in [1.807, 2.05) is 48.7 Å². The van der Waals surface area contributed by atoms with Gasteiger partial charge in [-0.2, -0.15) is 0 Å². The first-order valence-electron chi connectivity index (χ1n) is 7.96. The van der Waals surface area contributed by atoms with Gasteiger partial charge in [-0.15, -0.1) is 10.2 Å². The van der Waals surface area contributed by atoms with Crippen LogP contribution in [0.15, 0.2) is 46.1 Å². The van der Waals surface area contributed by atoms with Crippen LogP contribution < -0.4 is 5.32 Å². The zero-order valence-corrected chi connectivity index (χ0v) is 15.1. The van der Waals surface area contributed by atoms with Crippen molar-refractivity contribution in [3.8, 4) is 5.69 Å². The van der Waals surface area contributed by atoms with Crippen molar-refractivity contribution in [1.29, 1.82) is 0 Å². The summed E-state index contributed by atoms with van der Waals surface area (Å²) in [5, 5.41) is 15.3. The van der Waals surface area contributed by atoms with Crippen LogP contribution in [0.1, 0.15) is 24.9 Å². The molecule has 1 atom stereocenters. The molecule has 130 valence electrons. The first kappa shape index (κ1) is 17.2. The number of aromatic nitrogens is 4. The number of amides is 1. The van der Waals surface area contributed by atoms with Gasteiger partial charge in [0, 0.05) is 11.8 Å². The minimum Gasteiger partial charge on any atom is -0.360 e. The minimum atomic E-state index is -0.317. The maximum Gasteiger partial charge on any atom is 0.239 e. The summed E-state index contributed by atoms with van der Waals surface area (Å²) in [5.74, 6) is 1.70. The second-order valence-electron chi connectivity index (χ2n) is 5.53. The monoisotopic (exact) mass is 357 g/mol. The van der Waals surface area contributed by atoms with E-state index in [4.69, 9.17) is 4.52 Å². The van der Waals surface area contributed by atoms with Crippen LogP contribution in [0.25, 0.3) is 5.69 Å². The van der Waals surface area contributed by atoms with E-state index in [9.17, 15) is 4.79 Å². The largest absolute Gasteiger partial charge is 0.360 e. The van der Waals surface area contributed by atoms with Gasteiger partial charge in [-0.1, -0.05) is 42.0 Å². The number of hydrogen-bond donors (Lipinski definition) is 1. The lowest BCUT2D eigenvalue weighted by molar-refractivity contribution is -0.115. The predicted octanol–water partition coefficient (Wildman–Crippen LogP) is 3.38. The van der Waals surface area contributed by atoms with Gasteiger partial charge < -0.3 is 9.84 Å². The van der Waals surface area contributed by atoms with Crippen molar-refractivity contribution in [3.63, 3.8) is 0 Å². The van der Waals surface area contributed by atoms with E-state index in [0.29, 0.717) is 23.2 Å². The first-order valence-corrected chi connectivity index (χ1v) is 8.84. The van der Waals surface area contributed by atoms with E-state index in [1.165, 1.54) is 11.8 Å². The van der Waals surface area contributed by atoms with Gasteiger partial charge in [0.05, 0.1) is 5.25 Å². The number of carbonyl (C=O) groups is 1. The Balaban J connectivity index is 1.79. The molecule has 0 radical (unpaired) electrons. The average molecular weight is 357 g/mol. The van der Waals surface area contributed by atoms with Gasteiger partial charge in [-0.25, -0.2) is 0 Å². The molecule has 0 aliphatic heterocycles. The fourth-order valence-electron chi connectivity index (χ4n) is 2.38. The highest BCUT2D eigenvalue weighted by Crippen LogP contribution is 2.28. The molecule has 1 amide bonds. The molecule has 8 heteroatoms. The summed E-state index contributed by atoms with van der Waals surface area (Å²) < 4.78 is 6.92. The number of para-hydroxylation sites is 1. The second kappa shape index (κ2) is 7.52. The van der Waals surface area contributed by atoms with Crippen molar-refractivity contribution in [2.45, 2.75) is 37.6 Å². The van der Waals surface area contributed by atoms with E-state index in [-0.39, 0.29) is 11.2 Å². The van der Waals surface area contributed by atoms with Crippen molar-refractivity contribution < 1.29 is 9.32 Å². The SMILES string of the molecule is CCC(Sc1nnc(C)n1-c1ccccc1)C(=O)Nc1cc(C)on1. The molecule has 1 unspecified atom stereocenters.